The van der Waals surface area contributed by atoms with Crippen molar-refractivity contribution < 1.29 is 22.8 Å². The summed E-state index contributed by atoms with van der Waals surface area (Å²) in [5.41, 5.74) is 6.39. The fraction of sp³-hybridized carbons (Fsp3) is 0.273. The van der Waals surface area contributed by atoms with Crippen LogP contribution in [0.3, 0.4) is 0 Å². The van der Waals surface area contributed by atoms with Crippen LogP contribution in [-0.4, -0.2) is 17.9 Å². The molecule has 7 heteroatoms. The van der Waals surface area contributed by atoms with E-state index >= 15 is 0 Å². The second-order valence-electron chi connectivity index (χ2n) is 3.55. The van der Waals surface area contributed by atoms with E-state index in [-0.39, 0.29) is 6.54 Å². The quantitative estimate of drug-likeness (QED) is 0.808. The van der Waals surface area contributed by atoms with Gasteiger partial charge in [-0.25, -0.2) is 0 Å². The standard InChI is InChI=1S/C11H11F3N2O2/c12-11(13,14)9(17)5-10(18)16-8-3-1-2-7(4-8)6-15/h1-4H,5-6,15H2,(H,16,18). The second-order valence-corrected chi connectivity index (χ2v) is 3.55. The van der Waals surface area contributed by atoms with Crippen molar-refractivity contribution in [2.45, 2.75) is 19.1 Å². The van der Waals surface area contributed by atoms with E-state index in [1.165, 1.54) is 12.1 Å². The lowest BCUT2D eigenvalue weighted by Crippen LogP contribution is -2.27. The summed E-state index contributed by atoms with van der Waals surface area (Å²) in [5, 5.41) is 2.20. The first-order chi connectivity index (χ1) is 8.32. The smallest absolute Gasteiger partial charge is 0.326 e. The van der Waals surface area contributed by atoms with Gasteiger partial charge in [-0.1, -0.05) is 12.1 Å². The summed E-state index contributed by atoms with van der Waals surface area (Å²) >= 11 is 0. The molecular weight excluding hydrogens is 249 g/mol. The van der Waals surface area contributed by atoms with Crippen LogP contribution in [-0.2, 0) is 16.1 Å². The van der Waals surface area contributed by atoms with E-state index in [9.17, 15) is 22.8 Å². The van der Waals surface area contributed by atoms with Gasteiger partial charge in [0.05, 0.1) is 6.42 Å². The average Bonchev–Trinajstić information content (AvgIpc) is 2.27. The number of anilines is 1. The Hall–Kier alpha value is -1.89. The van der Waals surface area contributed by atoms with Gasteiger partial charge in [-0.15, -0.1) is 0 Å². The van der Waals surface area contributed by atoms with Crippen LogP contribution < -0.4 is 11.1 Å². The summed E-state index contributed by atoms with van der Waals surface area (Å²) in [7, 11) is 0. The SMILES string of the molecule is NCc1cccc(NC(=O)CC(=O)C(F)(F)F)c1. The highest BCUT2D eigenvalue weighted by Gasteiger charge is 2.39. The number of nitrogens with one attached hydrogen (secondary N) is 1. The molecule has 3 N–H and O–H groups in total. The maximum absolute atomic E-state index is 11.9. The van der Waals surface area contributed by atoms with Crippen LogP contribution in [0.15, 0.2) is 24.3 Å². The normalized spacial score (nSPS) is 11.1. The predicted molar refractivity (Wildman–Crippen MR) is 58.6 cm³/mol. The monoisotopic (exact) mass is 260 g/mol. The number of carbonyl (C=O) groups excluding carboxylic acids is 2. The van der Waals surface area contributed by atoms with Crippen molar-refractivity contribution >= 4 is 17.4 Å². The molecule has 0 spiro atoms. The number of halogens is 3. The molecule has 0 heterocycles. The Morgan fingerprint density at radius 3 is 2.50 bits per heavy atom. The summed E-state index contributed by atoms with van der Waals surface area (Å²) in [5.74, 6) is -3.08. The van der Waals surface area contributed by atoms with Crippen molar-refractivity contribution in [2.75, 3.05) is 5.32 Å². The molecule has 0 bridgehead atoms. The Labute approximate surface area is 101 Å². The third-order valence-corrected chi connectivity index (χ3v) is 2.08. The number of Topliss-reactive ketones (excluding diaryl/α,β-unsaturated/α-hetero) is 1. The summed E-state index contributed by atoms with van der Waals surface area (Å²) < 4.78 is 35.8. The van der Waals surface area contributed by atoms with Crippen LogP contribution in [0.2, 0.25) is 0 Å². The van der Waals surface area contributed by atoms with Gasteiger partial charge in [0, 0.05) is 12.2 Å². The first kappa shape index (κ1) is 14.2. The van der Waals surface area contributed by atoms with Crippen molar-refractivity contribution in [3.05, 3.63) is 29.8 Å². The molecule has 0 aliphatic carbocycles. The zero-order valence-electron chi connectivity index (χ0n) is 9.25. The largest absolute Gasteiger partial charge is 0.450 e. The van der Waals surface area contributed by atoms with E-state index in [0.29, 0.717) is 5.69 Å². The summed E-state index contributed by atoms with van der Waals surface area (Å²) in [6, 6.07) is 6.32. The molecule has 0 saturated heterocycles. The third kappa shape index (κ3) is 4.17. The summed E-state index contributed by atoms with van der Waals surface area (Å²) in [6.07, 6.45) is -6.22. The molecule has 1 aromatic rings. The molecule has 0 unspecified atom stereocenters. The van der Waals surface area contributed by atoms with E-state index in [1.807, 2.05) is 0 Å². The molecule has 0 aliphatic heterocycles. The number of rotatable bonds is 4. The van der Waals surface area contributed by atoms with E-state index in [4.69, 9.17) is 5.73 Å². The van der Waals surface area contributed by atoms with Crippen molar-refractivity contribution in [1.82, 2.24) is 0 Å². The predicted octanol–water partition coefficient (Wildman–Crippen LogP) is 1.61. The van der Waals surface area contributed by atoms with Crippen LogP contribution in [0.5, 0.6) is 0 Å². The molecule has 18 heavy (non-hydrogen) atoms. The van der Waals surface area contributed by atoms with Crippen LogP contribution in [0, 0.1) is 0 Å². The molecule has 98 valence electrons. The zero-order valence-corrected chi connectivity index (χ0v) is 9.25. The highest BCUT2D eigenvalue weighted by atomic mass is 19.4. The molecule has 0 aliphatic rings. The Morgan fingerprint density at radius 2 is 1.94 bits per heavy atom. The molecule has 0 atom stereocenters. The number of carbonyl (C=O) groups is 2. The maximum atomic E-state index is 11.9. The minimum atomic E-state index is -4.99. The van der Waals surface area contributed by atoms with Crippen molar-refractivity contribution in [2.24, 2.45) is 5.73 Å². The first-order valence-electron chi connectivity index (χ1n) is 5.02. The molecule has 0 fully saturated rings. The number of amides is 1. The zero-order chi connectivity index (χ0) is 13.8. The number of hydrogen-bond acceptors (Lipinski definition) is 3. The van der Waals surface area contributed by atoms with Crippen LogP contribution in [0.25, 0.3) is 0 Å². The third-order valence-electron chi connectivity index (χ3n) is 2.08. The van der Waals surface area contributed by atoms with E-state index in [1.54, 1.807) is 12.1 Å². The highest BCUT2D eigenvalue weighted by Crippen LogP contribution is 2.18. The lowest BCUT2D eigenvalue weighted by Gasteiger charge is -2.07. The fourth-order valence-electron chi connectivity index (χ4n) is 1.23. The molecule has 0 saturated carbocycles. The van der Waals surface area contributed by atoms with Crippen molar-refractivity contribution in [3.8, 4) is 0 Å². The van der Waals surface area contributed by atoms with Gasteiger partial charge in [-0.3, -0.25) is 9.59 Å². The molecule has 0 radical (unpaired) electrons. The first-order valence-corrected chi connectivity index (χ1v) is 5.02. The molecule has 1 aromatic carbocycles. The van der Waals surface area contributed by atoms with Gasteiger partial charge < -0.3 is 11.1 Å². The van der Waals surface area contributed by atoms with E-state index < -0.39 is 24.3 Å². The van der Waals surface area contributed by atoms with Crippen molar-refractivity contribution in [3.63, 3.8) is 0 Å². The molecule has 0 aromatic heterocycles. The molecular formula is C11H11F3N2O2. The Balaban J connectivity index is 2.62. The van der Waals surface area contributed by atoms with Crippen LogP contribution >= 0.6 is 0 Å². The number of ketones is 1. The summed E-state index contributed by atoms with van der Waals surface area (Å²) in [4.78, 5) is 21.8. The van der Waals surface area contributed by atoms with Gasteiger partial charge >= 0.3 is 6.18 Å². The molecule has 4 nitrogen and oxygen atoms in total. The van der Waals surface area contributed by atoms with E-state index in [0.717, 1.165) is 5.56 Å². The number of alkyl halides is 3. The van der Waals surface area contributed by atoms with Gasteiger partial charge in [0.15, 0.2) is 0 Å². The number of benzene rings is 1. The maximum Gasteiger partial charge on any atom is 0.450 e. The summed E-state index contributed by atoms with van der Waals surface area (Å²) in [6.45, 7) is 0.241. The second kappa shape index (κ2) is 5.63. The lowest BCUT2D eigenvalue weighted by atomic mass is 10.2. The van der Waals surface area contributed by atoms with Gasteiger partial charge in [0.2, 0.25) is 11.7 Å². The van der Waals surface area contributed by atoms with Gasteiger partial charge in [0.25, 0.3) is 0 Å². The van der Waals surface area contributed by atoms with Crippen molar-refractivity contribution in [1.29, 1.82) is 0 Å². The number of nitrogens with two attached hydrogens (primary N) is 1. The number of hydrogen-bond donors (Lipinski definition) is 2. The van der Waals surface area contributed by atoms with E-state index in [2.05, 4.69) is 5.32 Å². The Kier molecular flexibility index (Phi) is 4.43. The minimum absolute atomic E-state index is 0.241. The van der Waals surface area contributed by atoms with Gasteiger partial charge in [0.1, 0.15) is 0 Å². The Morgan fingerprint density at radius 1 is 1.28 bits per heavy atom. The van der Waals surface area contributed by atoms with Crippen LogP contribution in [0.4, 0.5) is 18.9 Å². The lowest BCUT2D eigenvalue weighted by molar-refractivity contribution is -0.171. The van der Waals surface area contributed by atoms with Gasteiger partial charge in [-0.2, -0.15) is 13.2 Å². The Bertz CT molecular complexity index is 458. The van der Waals surface area contributed by atoms with Crippen LogP contribution in [0.1, 0.15) is 12.0 Å². The molecule has 1 amide bonds. The molecule has 1 rings (SSSR count). The minimum Gasteiger partial charge on any atom is -0.326 e. The topological polar surface area (TPSA) is 72.2 Å². The average molecular weight is 260 g/mol. The fourth-order valence-corrected chi connectivity index (χ4v) is 1.23. The van der Waals surface area contributed by atoms with Gasteiger partial charge in [-0.05, 0) is 17.7 Å². The highest BCUT2D eigenvalue weighted by molar-refractivity contribution is 6.06.